The summed E-state index contributed by atoms with van der Waals surface area (Å²) in [4.78, 5) is 22.3. The second kappa shape index (κ2) is 6.04. The van der Waals surface area contributed by atoms with Crippen molar-refractivity contribution in [1.82, 2.24) is 5.32 Å². The van der Waals surface area contributed by atoms with E-state index in [9.17, 15) is 9.59 Å². The van der Waals surface area contributed by atoms with Crippen LogP contribution in [0.3, 0.4) is 0 Å². The molecule has 106 valence electrons. The van der Waals surface area contributed by atoms with Crippen LogP contribution in [0.2, 0.25) is 0 Å². The number of alkyl carbamates (subject to hydrolysis) is 1. The molecule has 0 aliphatic heterocycles. The lowest BCUT2D eigenvalue weighted by molar-refractivity contribution is -0.159. The summed E-state index contributed by atoms with van der Waals surface area (Å²) in [5, 5.41) is 11.3. The van der Waals surface area contributed by atoms with Crippen LogP contribution < -0.4 is 5.32 Å². The summed E-state index contributed by atoms with van der Waals surface area (Å²) >= 11 is 0. The van der Waals surface area contributed by atoms with Gasteiger partial charge in [0.1, 0.15) is 5.60 Å². The van der Waals surface area contributed by atoms with Gasteiger partial charge in [-0.05, 0) is 41.5 Å². The number of nitrogens with one attached hydrogen (secondary N) is 1. The van der Waals surface area contributed by atoms with Crippen LogP contribution >= 0.6 is 0 Å². The first-order valence-electron chi connectivity index (χ1n) is 5.78. The van der Waals surface area contributed by atoms with Crippen molar-refractivity contribution in [3.63, 3.8) is 0 Å². The van der Waals surface area contributed by atoms with Crippen LogP contribution in [-0.4, -0.2) is 41.0 Å². The zero-order chi connectivity index (χ0) is 14.6. The van der Waals surface area contributed by atoms with Gasteiger partial charge in [-0.2, -0.15) is 0 Å². The molecule has 1 atom stereocenters. The Morgan fingerprint density at radius 1 is 1.11 bits per heavy atom. The number of carboxylic acids is 1. The zero-order valence-electron chi connectivity index (χ0n) is 11.9. The number of carbonyl (C=O) groups excluding carboxylic acids is 1. The van der Waals surface area contributed by atoms with Gasteiger partial charge in [0.2, 0.25) is 0 Å². The molecule has 0 heterocycles. The van der Waals surface area contributed by atoms with E-state index in [0.29, 0.717) is 0 Å². The topological polar surface area (TPSA) is 84.9 Å². The van der Waals surface area contributed by atoms with Gasteiger partial charge >= 0.3 is 12.1 Å². The van der Waals surface area contributed by atoms with E-state index in [4.69, 9.17) is 14.6 Å². The molecule has 2 N–H and O–H groups in total. The molecule has 0 aliphatic rings. The lowest BCUT2D eigenvalue weighted by atomic mass is 10.2. The van der Waals surface area contributed by atoms with E-state index in [0.717, 1.165) is 0 Å². The maximum Gasteiger partial charge on any atom is 0.407 e. The number of aliphatic carboxylic acids is 1. The number of rotatable bonds is 4. The fraction of sp³-hybridized carbons (Fsp3) is 0.833. The largest absolute Gasteiger partial charge is 0.479 e. The predicted molar refractivity (Wildman–Crippen MR) is 66.5 cm³/mol. The van der Waals surface area contributed by atoms with Gasteiger partial charge in [0.25, 0.3) is 0 Å². The highest BCUT2D eigenvalue weighted by molar-refractivity contribution is 5.74. The fourth-order valence-electron chi connectivity index (χ4n) is 1.10. The van der Waals surface area contributed by atoms with Gasteiger partial charge in [-0.1, -0.05) is 0 Å². The number of carbonyl (C=O) groups is 2. The van der Waals surface area contributed by atoms with E-state index < -0.39 is 29.4 Å². The summed E-state index contributed by atoms with van der Waals surface area (Å²) < 4.78 is 10.3. The molecule has 0 aliphatic carbocycles. The second-order valence-electron chi connectivity index (χ2n) is 5.94. The van der Waals surface area contributed by atoms with E-state index in [-0.39, 0.29) is 6.54 Å². The Bertz CT molecular complexity index is 301. The Hall–Kier alpha value is -1.30. The number of amides is 1. The van der Waals surface area contributed by atoms with Crippen molar-refractivity contribution in [3.05, 3.63) is 0 Å². The van der Waals surface area contributed by atoms with Gasteiger partial charge in [-0.3, -0.25) is 0 Å². The molecule has 0 rings (SSSR count). The van der Waals surface area contributed by atoms with E-state index in [1.807, 2.05) is 0 Å². The molecule has 0 saturated carbocycles. The Morgan fingerprint density at radius 2 is 1.61 bits per heavy atom. The summed E-state index contributed by atoms with van der Waals surface area (Å²) in [6, 6.07) is 0. The van der Waals surface area contributed by atoms with Crippen LogP contribution in [-0.2, 0) is 14.3 Å². The van der Waals surface area contributed by atoms with Crippen molar-refractivity contribution in [2.75, 3.05) is 6.54 Å². The molecule has 0 spiro atoms. The Kier molecular flexibility index (Phi) is 5.60. The van der Waals surface area contributed by atoms with Gasteiger partial charge in [0.05, 0.1) is 12.1 Å². The first kappa shape index (κ1) is 16.7. The maximum absolute atomic E-state index is 11.4. The molecule has 0 aromatic heterocycles. The van der Waals surface area contributed by atoms with Crippen molar-refractivity contribution >= 4 is 12.1 Å². The summed E-state index contributed by atoms with van der Waals surface area (Å²) in [5.74, 6) is -1.12. The molecule has 0 radical (unpaired) electrons. The van der Waals surface area contributed by atoms with Crippen LogP contribution in [0.1, 0.15) is 41.5 Å². The van der Waals surface area contributed by atoms with Gasteiger partial charge in [0.15, 0.2) is 6.10 Å². The third kappa shape index (κ3) is 8.81. The molecule has 18 heavy (non-hydrogen) atoms. The van der Waals surface area contributed by atoms with E-state index in [1.54, 1.807) is 41.5 Å². The molecule has 0 unspecified atom stereocenters. The van der Waals surface area contributed by atoms with Crippen LogP contribution in [0.15, 0.2) is 0 Å². The molecule has 0 bridgehead atoms. The number of hydrogen-bond donors (Lipinski definition) is 2. The minimum atomic E-state index is -1.12. The predicted octanol–water partition coefficient (Wildman–Crippen LogP) is 1.78. The molecule has 6 nitrogen and oxygen atoms in total. The molecule has 6 heteroatoms. The highest BCUT2D eigenvalue weighted by Crippen LogP contribution is 2.11. The van der Waals surface area contributed by atoms with Crippen molar-refractivity contribution in [3.8, 4) is 0 Å². The smallest absolute Gasteiger partial charge is 0.407 e. The molecular formula is C12H23NO5. The van der Waals surface area contributed by atoms with Crippen molar-refractivity contribution in [2.24, 2.45) is 0 Å². The molecular weight excluding hydrogens is 238 g/mol. The quantitative estimate of drug-likeness (QED) is 0.805. The number of carboxylic acid groups (broad SMARTS) is 1. The highest BCUT2D eigenvalue weighted by atomic mass is 16.6. The SMILES string of the molecule is CC(C)(C)OC(=O)NC[C@@H](OC(C)(C)C)C(=O)O. The maximum atomic E-state index is 11.4. The van der Waals surface area contributed by atoms with Crippen LogP contribution in [0.4, 0.5) is 4.79 Å². The monoisotopic (exact) mass is 261 g/mol. The van der Waals surface area contributed by atoms with Gasteiger partial charge in [-0.15, -0.1) is 0 Å². The van der Waals surface area contributed by atoms with E-state index in [2.05, 4.69) is 5.32 Å². The van der Waals surface area contributed by atoms with Gasteiger partial charge < -0.3 is 19.9 Å². The first-order chi connectivity index (χ1) is 7.91. The Morgan fingerprint density at radius 3 is 1.94 bits per heavy atom. The first-order valence-corrected chi connectivity index (χ1v) is 5.78. The van der Waals surface area contributed by atoms with Crippen molar-refractivity contribution in [1.29, 1.82) is 0 Å². The highest BCUT2D eigenvalue weighted by Gasteiger charge is 2.26. The van der Waals surface area contributed by atoms with Gasteiger partial charge in [0, 0.05) is 0 Å². The summed E-state index contributed by atoms with van der Waals surface area (Å²) in [6.07, 6.45) is -1.76. The molecule has 0 fully saturated rings. The van der Waals surface area contributed by atoms with Crippen LogP contribution in [0.25, 0.3) is 0 Å². The summed E-state index contributed by atoms with van der Waals surface area (Å²) in [5.41, 5.74) is -1.22. The lowest BCUT2D eigenvalue weighted by Crippen LogP contribution is -2.43. The number of hydrogen-bond acceptors (Lipinski definition) is 4. The summed E-state index contributed by atoms with van der Waals surface area (Å²) in [7, 11) is 0. The van der Waals surface area contributed by atoms with E-state index >= 15 is 0 Å². The number of ether oxygens (including phenoxy) is 2. The molecule has 0 aromatic carbocycles. The lowest BCUT2D eigenvalue weighted by Gasteiger charge is -2.26. The van der Waals surface area contributed by atoms with Gasteiger partial charge in [-0.25, -0.2) is 9.59 Å². The fourth-order valence-corrected chi connectivity index (χ4v) is 1.10. The molecule has 0 saturated heterocycles. The zero-order valence-corrected chi connectivity index (χ0v) is 11.9. The van der Waals surface area contributed by atoms with Crippen molar-refractivity contribution in [2.45, 2.75) is 58.8 Å². The van der Waals surface area contributed by atoms with Crippen molar-refractivity contribution < 1.29 is 24.2 Å². The second-order valence-corrected chi connectivity index (χ2v) is 5.94. The Balaban J connectivity index is 4.29. The third-order valence-electron chi connectivity index (χ3n) is 1.60. The normalized spacial score (nSPS) is 13.9. The molecule has 1 amide bonds. The molecule has 0 aromatic rings. The average Bonchev–Trinajstić information content (AvgIpc) is 2.06. The van der Waals surface area contributed by atoms with Crippen LogP contribution in [0.5, 0.6) is 0 Å². The average molecular weight is 261 g/mol. The summed E-state index contributed by atoms with van der Waals surface area (Å²) in [6.45, 7) is 10.3. The third-order valence-corrected chi connectivity index (χ3v) is 1.60. The van der Waals surface area contributed by atoms with E-state index in [1.165, 1.54) is 0 Å². The standard InChI is InChI=1S/C12H23NO5/c1-11(2,3)17-8(9(14)15)7-13-10(16)18-12(4,5)6/h8H,7H2,1-6H3,(H,13,16)(H,14,15)/t8-/m1/s1. The minimum Gasteiger partial charge on any atom is -0.479 e. The Labute approximate surface area is 108 Å². The minimum absolute atomic E-state index is 0.137. The van der Waals surface area contributed by atoms with Crippen LogP contribution in [0, 0.1) is 0 Å².